The van der Waals surface area contributed by atoms with E-state index in [0.717, 1.165) is 29.8 Å². The van der Waals surface area contributed by atoms with E-state index in [9.17, 15) is 9.59 Å². The number of nitrogens with zero attached hydrogens (tertiary/aromatic N) is 1. The Bertz CT molecular complexity index is 562. The molecule has 1 saturated heterocycles. The molecule has 1 aromatic heterocycles. The molecule has 2 rings (SSSR count). The van der Waals surface area contributed by atoms with Crippen molar-refractivity contribution >= 4 is 23.3 Å². The summed E-state index contributed by atoms with van der Waals surface area (Å²) in [7, 11) is 0. The van der Waals surface area contributed by atoms with Crippen LogP contribution in [0.25, 0.3) is 0 Å². The molecule has 0 unspecified atom stereocenters. The number of hydrogen-bond donors (Lipinski definition) is 1. The van der Waals surface area contributed by atoms with E-state index in [2.05, 4.69) is 5.32 Å². The van der Waals surface area contributed by atoms with Gasteiger partial charge in [0.05, 0.1) is 4.88 Å². The van der Waals surface area contributed by atoms with Crippen molar-refractivity contribution in [1.29, 1.82) is 0 Å². The van der Waals surface area contributed by atoms with E-state index in [1.807, 2.05) is 44.0 Å². The quantitative estimate of drug-likeness (QED) is 0.918. The van der Waals surface area contributed by atoms with Crippen molar-refractivity contribution < 1.29 is 14.3 Å². The van der Waals surface area contributed by atoms with Gasteiger partial charge in [-0.25, -0.2) is 4.79 Å². The third-order valence-corrected chi connectivity index (χ3v) is 4.80. The molecule has 0 aromatic carbocycles. The van der Waals surface area contributed by atoms with Crippen molar-refractivity contribution in [3.63, 3.8) is 0 Å². The lowest BCUT2D eigenvalue weighted by molar-refractivity contribution is 0.0503. The average Bonchev–Trinajstić information content (AvgIpc) is 2.89. The van der Waals surface area contributed by atoms with Crippen LogP contribution in [0.2, 0.25) is 0 Å². The summed E-state index contributed by atoms with van der Waals surface area (Å²) >= 11 is 1.50. The highest BCUT2D eigenvalue weighted by Gasteiger charge is 2.26. The Morgan fingerprint density at radius 2 is 2.17 bits per heavy atom. The first-order valence-electron chi connectivity index (χ1n) is 8.06. The molecule has 2 heterocycles. The second kappa shape index (κ2) is 7.34. The van der Waals surface area contributed by atoms with Gasteiger partial charge >= 0.3 is 6.09 Å². The number of ether oxygens (including phenoxy) is 1. The van der Waals surface area contributed by atoms with Crippen molar-refractivity contribution in [2.24, 2.45) is 5.92 Å². The maximum atomic E-state index is 12.6. The van der Waals surface area contributed by atoms with Crippen LogP contribution in [-0.4, -0.2) is 42.1 Å². The maximum Gasteiger partial charge on any atom is 0.407 e. The largest absolute Gasteiger partial charge is 0.444 e. The monoisotopic (exact) mass is 338 g/mol. The molecule has 1 aliphatic rings. The Labute approximate surface area is 142 Å². The Hall–Kier alpha value is -1.56. The summed E-state index contributed by atoms with van der Waals surface area (Å²) in [5, 5.41) is 4.77. The van der Waals surface area contributed by atoms with E-state index in [4.69, 9.17) is 4.74 Å². The lowest BCUT2D eigenvalue weighted by atomic mass is 9.98. The van der Waals surface area contributed by atoms with Gasteiger partial charge in [0, 0.05) is 19.6 Å². The van der Waals surface area contributed by atoms with Gasteiger partial charge in [-0.05, 0) is 63.5 Å². The number of piperidine rings is 1. The summed E-state index contributed by atoms with van der Waals surface area (Å²) < 4.78 is 5.25. The summed E-state index contributed by atoms with van der Waals surface area (Å²) in [5.74, 6) is 0.389. The van der Waals surface area contributed by atoms with Crippen LogP contribution in [0.5, 0.6) is 0 Å². The highest BCUT2D eigenvalue weighted by Crippen LogP contribution is 2.22. The molecule has 128 valence electrons. The van der Waals surface area contributed by atoms with Gasteiger partial charge in [-0.3, -0.25) is 4.79 Å². The van der Waals surface area contributed by atoms with E-state index in [1.54, 1.807) is 0 Å². The molecule has 1 atom stereocenters. The van der Waals surface area contributed by atoms with Crippen molar-refractivity contribution in [2.75, 3.05) is 19.6 Å². The number of aryl methyl sites for hydroxylation is 1. The van der Waals surface area contributed by atoms with Crippen LogP contribution >= 0.6 is 11.3 Å². The maximum absolute atomic E-state index is 12.6. The second-order valence-corrected chi connectivity index (χ2v) is 7.99. The van der Waals surface area contributed by atoms with Crippen LogP contribution in [0, 0.1) is 12.8 Å². The molecule has 1 aliphatic heterocycles. The fourth-order valence-corrected chi connectivity index (χ4v) is 3.59. The number of rotatable bonds is 3. The number of carbonyl (C=O) groups is 2. The van der Waals surface area contributed by atoms with E-state index >= 15 is 0 Å². The molecule has 6 heteroatoms. The van der Waals surface area contributed by atoms with Gasteiger partial charge < -0.3 is 15.0 Å². The van der Waals surface area contributed by atoms with Crippen LogP contribution < -0.4 is 5.32 Å². The zero-order valence-electron chi connectivity index (χ0n) is 14.3. The molecule has 1 aromatic rings. The highest BCUT2D eigenvalue weighted by molar-refractivity contribution is 7.12. The number of carbonyl (C=O) groups excluding carboxylic acids is 2. The van der Waals surface area contributed by atoms with Crippen molar-refractivity contribution in [1.82, 2.24) is 10.2 Å². The van der Waals surface area contributed by atoms with E-state index in [0.29, 0.717) is 13.1 Å². The van der Waals surface area contributed by atoms with Crippen LogP contribution in [-0.2, 0) is 4.74 Å². The number of thiophene rings is 1. The third-order valence-electron chi connectivity index (χ3n) is 3.80. The van der Waals surface area contributed by atoms with Gasteiger partial charge in [-0.1, -0.05) is 0 Å². The Balaban J connectivity index is 1.85. The Morgan fingerprint density at radius 3 is 2.78 bits per heavy atom. The topological polar surface area (TPSA) is 58.6 Å². The number of likely N-dealkylation sites (tertiary alicyclic amines) is 1. The van der Waals surface area contributed by atoms with E-state index in [1.165, 1.54) is 11.3 Å². The van der Waals surface area contributed by atoms with Gasteiger partial charge in [0.25, 0.3) is 5.91 Å². The molecular formula is C17H26N2O3S. The van der Waals surface area contributed by atoms with Crippen molar-refractivity contribution in [3.8, 4) is 0 Å². The van der Waals surface area contributed by atoms with Crippen LogP contribution in [0.15, 0.2) is 11.4 Å². The minimum atomic E-state index is -0.491. The lowest BCUT2D eigenvalue weighted by Gasteiger charge is -2.33. The zero-order valence-corrected chi connectivity index (χ0v) is 15.2. The number of hydrogen-bond acceptors (Lipinski definition) is 4. The van der Waals surface area contributed by atoms with Gasteiger partial charge in [-0.15, -0.1) is 11.3 Å². The zero-order chi connectivity index (χ0) is 17.0. The van der Waals surface area contributed by atoms with Crippen LogP contribution in [0.1, 0.15) is 48.8 Å². The highest BCUT2D eigenvalue weighted by atomic mass is 32.1. The summed E-state index contributed by atoms with van der Waals surface area (Å²) in [5.41, 5.74) is 0.545. The van der Waals surface area contributed by atoms with Crippen LogP contribution in [0.3, 0.4) is 0 Å². The van der Waals surface area contributed by atoms with Crippen molar-refractivity contribution in [2.45, 2.75) is 46.1 Å². The standard InChI is InChI=1S/C17H26N2O3S/c1-12-7-9-23-14(12)15(20)19-8-5-6-13(11-19)10-18-16(21)22-17(2,3)4/h7,9,13H,5-6,8,10-11H2,1-4H3,(H,18,21)/t13-/m0/s1. The minimum absolute atomic E-state index is 0.111. The first-order valence-corrected chi connectivity index (χ1v) is 8.94. The normalized spacial score (nSPS) is 18.6. The minimum Gasteiger partial charge on any atom is -0.444 e. The molecular weight excluding hydrogens is 312 g/mol. The SMILES string of the molecule is Cc1ccsc1C(=O)N1CCC[C@@H](CNC(=O)OC(C)(C)C)C1. The summed E-state index contributed by atoms with van der Waals surface area (Å²) in [6.45, 7) is 9.52. The van der Waals surface area contributed by atoms with Crippen molar-refractivity contribution in [3.05, 3.63) is 21.9 Å². The predicted octanol–water partition coefficient (Wildman–Crippen LogP) is 3.43. The smallest absolute Gasteiger partial charge is 0.407 e. The fraction of sp³-hybridized carbons (Fsp3) is 0.647. The molecule has 0 bridgehead atoms. The molecule has 0 spiro atoms. The van der Waals surface area contributed by atoms with Gasteiger partial charge in [0.2, 0.25) is 0 Å². The van der Waals surface area contributed by atoms with Gasteiger partial charge in [-0.2, -0.15) is 0 Å². The number of nitrogens with one attached hydrogen (secondary N) is 1. The second-order valence-electron chi connectivity index (χ2n) is 7.07. The molecule has 1 fully saturated rings. The van der Waals surface area contributed by atoms with Gasteiger partial charge in [0.15, 0.2) is 0 Å². The van der Waals surface area contributed by atoms with E-state index < -0.39 is 11.7 Å². The lowest BCUT2D eigenvalue weighted by Crippen LogP contribution is -2.44. The van der Waals surface area contributed by atoms with E-state index in [-0.39, 0.29) is 11.8 Å². The Kier molecular flexibility index (Phi) is 5.68. The summed E-state index contributed by atoms with van der Waals surface area (Å²) in [6, 6.07) is 1.98. The Morgan fingerprint density at radius 1 is 1.43 bits per heavy atom. The molecule has 2 amide bonds. The molecule has 0 saturated carbocycles. The summed E-state index contributed by atoms with van der Waals surface area (Å²) in [4.78, 5) is 27.0. The average molecular weight is 338 g/mol. The number of alkyl carbamates (subject to hydrolysis) is 1. The fourth-order valence-electron chi connectivity index (χ4n) is 2.69. The first-order chi connectivity index (χ1) is 10.8. The molecule has 5 nitrogen and oxygen atoms in total. The molecule has 0 aliphatic carbocycles. The third kappa shape index (κ3) is 5.23. The predicted molar refractivity (Wildman–Crippen MR) is 91.9 cm³/mol. The molecule has 0 radical (unpaired) electrons. The molecule has 23 heavy (non-hydrogen) atoms. The van der Waals surface area contributed by atoms with Crippen LogP contribution in [0.4, 0.5) is 4.79 Å². The summed E-state index contributed by atoms with van der Waals surface area (Å²) in [6.07, 6.45) is 1.59. The first kappa shape index (κ1) is 17.8. The number of amides is 2. The molecule has 1 N–H and O–H groups in total. The van der Waals surface area contributed by atoms with Gasteiger partial charge in [0.1, 0.15) is 5.60 Å².